The maximum Gasteiger partial charge on any atom is 0.328 e. The number of nitrogens with zero attached hydrogens (tertiary/aromatic N) is 1. The first-order chi connectivity index (χ1) is 8.36. The fraction of sp³-hybridized carbons (Fsp3) is 0.800. The predicted octanol–water partition coefficient (Wildman–Crippen LogP) is 0.192. The van der Waals surface area contributed by atoms with E-state index in [0.29, 0.717) is 0 Å². The van der Waals surface area contributed by atoms with Gasteiger partial charge in [0, 0.05) is 5.54 Å². The van der Waals surface area contributed by atoms with Crippen LogP contribution in [0.4, 0.5) is 0 Å². The van der Waals surface area contributed by atoms with E-state index in [1.807, 2.05) is 0 Å². The lowest BCUT2D eigenvalue weighted by atomic mass is 9.96. The summed E-state index contributed by atoms with van der Waals surface area (Å²) in [6.07, 6.45) is -0.0160. The van der Waals surface area contributed by atoms with Gasteiger partial charge in [0.25, 0.3) is 0 Å². The monoisotopic (exact) mass is 297 g/mol. The van der Waals surface area contributed by atoms with Crippen molar-refractivity contribution in [1.82, 2.24) is 4.90 Å². The van der Waals surface area contributed by atoms with Gasteiger partial charge in [-0.2, -0.15) is 0 Å². The maximum atomic E-state index is 11.1. The second-order valence-corrected chi connectivity index (χ2v) is 7.16. The Morgan fingerprint density at radius 3 is 1.79 bits per heavy atom. The summed E-state index contributed by atoms with van der Waals surface area (Å²) in [6.45, 7) is 3.46. The normalized spacial score (nSPS) is 14.4. The molecule has 1 atom stereocenters. The van der Waals surface area contributed by atoms with Gasteiger partial charge in [0.1, 0.15) is 0 Å². The van der Waals surface area contributed by atoms with Crippen molar-refractivity contribution < 1.29 is 34.2 Å². The van der Waals surface area contributed by atoms with Crippen molar-refractivity contribution in [3.05, 3.63) is 0 Å². The van der Waals surface area contributed by atoms with Crippen LogP contribution in [0.15, 0.2) is 0 Å². The summed E-state index contributed by atoms with van der Waals surface area (Å²) in [7, 11) is -4.28. The molecule has 0 aliphatic heterocycles. The zero-order valence-corrected chi connectivity index (χ0v) is 12.0. The Hall–Kier alpha value is -0.950. The molecule has 0 spiro atoms. The zero-order chi connectivity index (χ0) is 15.4. The maximum absolute atomic E-state index is 11.1. The highest BCUT2D eigenvalue weighted by molar-refractivity contribution is 7.52. The van der Waals surface area contributed by atoms with Crippen molar-refractivity contribution >= 4 is 19.5 Å². The number of rotatable bonds is 8. The van der Waals surface area contributed by atoms with E-state index in [4.69, 9.17) is 20.0 Å². The highest BCUT2D eigenvalue weighted by Gasteiger charge is 2.36. The van der Waals surface area contributed by atoms with Crippen molar-refractivity contribution in [2.75, 3.05) is 13.1 Å². The third kappa shape index (κ3) is 6.68. The summed E-state index contributed by atoms with van der Waals surface area (Å²) < 4.78 is 11.1. The number of carboxylic acids is 2. The lowest BCUT2D eigenvalue weighted by molar-refractivity contribution is -0.144. The van der Waals surface area contributed by atoms with Crippen LogP contribution in [0.1, 0.15) is 27.2 Å². The van der Waals surface area contributed by atoms with E-state index in [2.05, 4.69) is 0 Å². The van der Waals surface area contributed by atoms with Crippen LogP contribution in [0, 0.1) is 0 Å². The van der Waals surface area contributed by atoms with E-state index in [0.717, 1.165) is 0 Å². The standard InChI is InChI=1S/C10H20NO7P/c1-7(19(16,17)18)4-10(2,3)11(5-8(12)13)6-9(14)15/h7H,4-6H2,1-3H3,(H,12,13)(H,14,15)(H2,16,17,18). The molecule has 0 rings (SSSR count). The van der Waals surface area contributed by atoms with Gasteiger partial charge in [0.05, 0.1) is 18.7 Å². The van der Waals surface area contributed by atoms with Crippen LogP contribution < -0.4 is 0 Å². The summed E-state index contributed by atoms with van der Waals surface area (Å²) in [4.78, 5) is 40.7. The molecule has 112 valence electrons. The van der Waals surface area contributed by atoms with Crippen molar-refractivity contribution in [3.8, 4) is 0 Å². The van der Waals surface area contributed by atoms with Crippen molar-refractivity contribution in [3.63, 3.8) is 0 Å². The average Bonchev–Trinajstić information content (AvgIpc) is 2.12. The summed E-state index contributed by atoms with van der Waals surface area (Å²) in [6, 6.07) is 0. The third-order valence-electron chi connectivity index (χ3n) is 2.88. The molecule has 0 bridgehead atoms. The Kier molecular flexibility index (Phi) is 6.15. The van der Waals surface area contributed by atoms with Crippen LogP contribution in [0.2, 0.25) is 0 Å². The molecule has 0 aromatic carbocycles. The van der Waals surface area contributed by atoms with Gasteiger partial charge in [-0.3, -0.25) is 19.1 Å². The minimum atomic E-state index is -4.28. The fourth-order valence-electron chi connectivity index (χ4n) is 1.78. The number of carbonyl (C=O) groups is 2. The largest absolute Gasteiger partial charge is 0.480 e. The first-order valence-electron chi connectivity index (χ1n) is 5.60. The van der Waals surface area contributed by atoms with Gasteiger partial charge in [-0.05, 0) is 20.3 Å². The Morgan fingerprint density at radius 1 is 1.16 bits per heavy atom. The molecule has 0 aromatic heterocycles. The first-order valence-corrected chi connectivity index (χ1v) is 7.28. The molecular formula is C10H20NO7P. The molecule has 0 saturated heterocycles. The molecule has 4 N–H and O–H groups in total. The molecule has 0 aliphatic carbocycles. The molecule has 0 aliphatic rings. The van der Waals surface area contributed by atoms with E-state index >= 15 is 0 Å². The quantitative estimate of drug-likeness (QED) is 0.466. The van der Waals surface area contributed by atoms with Crippen molar-refractivity contribution in [1.29, 1.82) is 0 Å². The van der Waals surface area contributed by atoms with Crippen LogP contribution in [0.25, 0.3) is 0 Å². The number of hydrogen-bond acceptors (Lipinski definition) is 4. The zero-order valence-electron chi connectivity index (χ0n) is 11.1. The van der Waals surface area contributed by atoms with Gasteiger partial charge < -0.3 is 20.0 Å². The van der Waals surface area contributed by atoms with Gasteiger partial charge in [0.2, 0.25) is 0 Å². The van der Waals surface area contributed by atoms with Crippen LogP contribution in [-0.4, -0.2) is 61.1 Å². The molecule has 0 fully saturated rings. The van der Waals surface area contributed by atoms with Crippen LogP contribution >= 0.6 is 7.60 Å². The summed E-state index contributed by atoms with van der Waals surface area (Å²) in [5.41, 5.74) is -1.94. The highest BCUT2D eigenvalue weighted by Crippen LogP contribution is 2.45. The van der Waals surface area contributed by atoms with Crippen molar-refractivity contribution in [2.24, 2.45) is 0 Å². The second-order valence-electron chi connectivity index (χ2n) is 5.10. The van der Waals surface area contributed by atoms with Crippen LogP contribution in [-0.2, 0) is 14.2 Å². The third-order valence-corrected chi connectivity index (χ3v) is 4.21. The molecule has 8 nitrogen and oxygen atoms in total. The molecule has 0 saturated carbocycles. The molecule has 19 heavy (non-hydrogen) atoms. The molecule has 0 radical (unpaired) electrons. The molecular weight excluding hydrogens is 277 g/mol. The lowest BCUT2D eigenvalue weighted by Crippen LogP contribution is -2.50. The molecule has 0 aromatic rings. The average molecular weight is 297 g/mol. The molecule has 9 heteroatoms. The topological polar surface area (TPSA) is 135 Å². The fourth-order valence-corrected chi connectivity index (χ4v) is 2.47. The molecule has 0 amide bonds. The predicted molar refractivity (Wildman–Crippen MR) is 67.0 cm³/mol. The second kappa shape index (κ2) is 6.47. The van der Waals surface area contributed by atoms with Gasteiger partial charge >= 0.3 is 19.5 Å². The number of carboxylic acid groups (broad SMARTS) is 2. The molecule has 1 unspecified atom stereocenters. The SMILES string of the molecule is CC(CC(C)(C)N(CC(=O)O)CC(=O)O)P(=O)(O)O. The smallest absolute Gasteiger partial charge is 0.328 e. The Balaban J connectivity index is 5.01. The van der Waals surface area contributed by atoms with E-state index in [1.165, 1.54) is 11.8 Å². The van der Waals surface area contributed by atoms with E-state index in [9.17, 15) is 14.2 Å². The van der Waals surface area contributed by atoms with E-state index < -0.39 is 43.8 Å². The Bertz CT molecular complexity index is 373. The van der Waals surface area contributed by atoms with Gasteiger partial charge in [0.15, 0.2) is 0 Å². The summed E-state index contributed by atoms with van der Waals surface area (Å²) in [5.74, 6) is -2.39. The Labute approximate surface area is 111 Å². The van der Waals surface area contributed by atoms with E-state index in [1.54, 1.807) is 13.8 Å². The van der Waals surface area contributed by atoms with Crippen molar-refractivity contribution in [2.45, 2.75) is 38.4 Å². The van der Waals surface area contributed by atoms with Gasteiger partial charge in [-0.1, -0.05) is 6.92 Å². The minimum absolute atomic E-state index is 0.0160. The summed E-state index contributed by atoms with van der Waals surface area (Å²) >= 11 is 0. The van der Waals surface area contributed by atoms with Gasteiger partial charge in [-0.15, -0.1) is 0 Å². The Morgan fingerprint density at radius 2 is 1.53 bits per heavy atom. The molecule has 0 heterocycles. The number of hydrogen-bond donors (Lipinski definition) is 4. The lowest BCUT2D eigenvalue weighted by Gasteiger charge is -2.38. The van der Waals surface area contributed by atoms with Gasteiger partial charge in [-0.25, -0.2) is 0 Å². The number of aliphatic carboxylic acids is 2. The van der Waals surface area contributed by atoms with Crippen LogP contribution in [0.5, 0.6) is 0 Å². The minimum Gasteiger partial charge on any atom is -0.480 e. The first kappa shape index (κ1) is 18.0. The van der Waals surface area contributed by atoms with Crippen LogP contribution in [0.3, 0.4) is 0 Å². The summed E-state index contributed by atoms with van der Waals surface area (Å²) in [5, 5.41) is 17.5. The highest BCUT2D eigenvalue weighted by atomic mass is 31.2. The van der Waals surface area contributed by atoms with E-state index in [-0.39, 0.29) is 6.42 Å².